The summed E-state index contributed by atoms with van der Waals surface area (Å²) in [6, 6.07) is 10.8. The Labute approximate surface area is 186 Å². The third-order valence-corrected chi connectivity index (χ3v) is 6.08. The number of hydrogen-bond acceptors (Lipinski definition) is 4. The number of rotatable bonds is 9. The molecule has 0 unspecified atom stereocenters. The molecule has 0 saturated carbocycles. The maximum Gasteiger partial charge on any atom is 0.244 e. The molecule has 168 valence electrons. The second kappa shape index (κ2) is 10.6. The Bertz CT molecular complexity index is 1010. The molecule has 31 heavy (non-hydrogen) atoms. The van der Waals surface area contributed by atoms with Gasteiger partial charge in [0.25, 0.3) is 0 Å². The van der Waals surface area contributed by atoms with Crippen LogP contribution in [-0.2, 0) is 26.2 Å². The molecular formula is C21H25ClFN3O4S. The van der Waals surface area contributed by atoms with Crippen LogP contribution in [0.3, 0.4) is 0 Å². The highest BCUT2D eigenvalue weighted by Crippen LogP contribution is 2.22. The summed E-state index contributed by atoms with van der Waals surface area (Å²) in [5.41, 5.74) is 0.879. The number of hydrogen-bond donors (Lipinski definition) is 1. The van der Waals surface area contributed by atoms with Gasteiger partial charge in [-0.15, -0.1) is 0 Å². The lowest BCUT2D eigenvalue weighted by molar-refractivity contribution is -0.140. The Kier molecular flexibility index (Phi) is 8.41. The standard InChI is InChI=1S/C21H25ClFN3O4S/c1-4-19(21(28)24-2)25(13-15-5-9-17(23)10-6-15)20(27)14-26(31(3,29)30)18-11-7-16(22)8-12-18/h5-12,19H,4,13-14H2,1-3H3,(H,24,28)/t19-/m1/s1. The molecule has 2 amide bonds. The number of benzene rings is 2. The first-order valence-electron chi connectivity index (χ1n) is 9.55. The Morgan fingerprint density at radius 1 is 1.10 bits per heavy atom. The highest BCUT2D eigenvalue weighted by Gasteiger charge is 2.31. The van der Waals surface area contributed by atoms with Crippen LogP contribution >= 0.6 is 11.6 Å². The van der Waals surface area contributed by atoms with Gasteiger partial charge in [-0.2, -0.15) is 0 Å². The van der Waals surface area contributed by atoms with Crippen LogP contribution in [0.4, 0.5) is 10.1 Å². The van der Waals surface area contributed by atoms with E-state index in [-0.39, 0.29) is 18.1 Å². The maximum absolute atomic E-state index is 13.3. The van der Waals surface area contributed by atoms with Gasteiger partial charge in [-0.05, 0) is 48.4 Å². The van der Waals surface area contributed by atoms with Crippen LogP contribution in [0.2, 0.25) is 5.02 Å². The first-order valence-corrected chi connectivity index (χ1v) is 11.8. The van der Waals surface area contributed by atoms with E-state index in [1.165, 1.54) is 60.5 Å². The van der Waals surface area contributed by atoms with E-state index in [0.29, 0.717) is 17.0 Å². The molecular weight excluding hydrogens is 445 g/mol. The molecule has 0 aromatic heterocycles. The minimum absolute atomic E-state index is 0.0171. The number of halogens is 2. The maximum atomic E-state index is 13.3. The molecule has 0 aliphatic rings. The van der Waals surface area contributed by atoms with Crippen molar-refractivity contribution < 1.29 is 22.4 Å². The molecule has 0 radical (unpaired) electrons. The van der Waals surface area contributed by atoms with E-state index >= 15 is 0 Å². The number of amides is 2. The van der Waals surface area contributed by atoms with E-state index in [0.717, 1.165) is 10.6 Å². The highest BCUT2D eigenvalue weighted by molar-refractivity contribution is 7.92. The third kappa shape index (κ3) is 6.67. The molecule has 0 aliphatic carbocycles. The van der Waals surface area contributed by atoms with Crippen molar-refractivity contribution in [3.05, 3.63) is 64.9 Å². The summed E-state index contributed by atoms with van der Waals surface area (Å²) in [7, 11) is -2.34. The number of carbonyl (C=O) groups excluding carboxylic acids is 2. The molecule has 0 bridgehead atoms. The molecule has 7 nitrogen and oxygen atoms in total. The largest absolute Gasteiger partial charge is 0.357 e. The van der Waals surface area contributed by atoms with Gasteiger partial charge in [0.15, 0.2) is 0 Å². The number of carbonyl (C=O) groups is 2. The predicted octanol–water partition coefficient (Wildman–Crippen LogP) is 2.80. The van der Waals surface area contributed by atoms with E-state index in [1.54, 1.807) is 6.92 Å². The van der Waals surface area contributed by atoms with Gasteiger partial charge in [-0.1, -0.05) is 30.7 Å². The van der Waals surface area contributed by atoms with Crippen LogP contribution in [0.5, 0.6) is 0 Å². The van der Waals surface area contributed by atoms with Gasteiger partial charge in [0, 0.05) is 18.6 Å². The first-order chi connectivity index (χ1) is 14.6. The third-order valence-electron chi connectivity index (χ3n) is 4.69. The highest BCUT2D eigenvalue weighted by atomic mass is 35.5. The molecule has 0 heterocycles. The number of anilines is 1. The van der Waals surface area contributed by atoms with Crippen molar-refractivity contribution in [3.63, 3.8) is 0 Å². The van der Waals surface area contributed by atoms with Crippen LogP contribution < -0.4 is 9.62 Å². The van der Waals surface area contributed by atoms with Gasteiger partial charge in [0.2, 0.25) is 21.8 Å². The fraction of sp³-hybridized carbons (Fsp3) is 0.333. The number of nitrogens with zero attached hydrogens (tertiary/aromatic N) is 2. The average Bonchev–Trinajstić information content (AvgIpc) is 2.72. The van der Waals surface area contributed by atoms with Crippen molar-refractivity contribution in [1.29, 1.82) is 0 Å². The number of sulfonamides is 1. The topological polar surface area (TPSA) is 86.8 Å². The second-order valence-corrected chi connectivity index (χ2v) is 9.28. The molecule has 0 aliphatic heterocycles. The zero-order valence-corrected chi connectivity index (χ0v) is 19.1. The second-order valence-electron chi connectivity index (χ2n) is 6.93. The molecule has 10 heteroatoms. The normalized spacial score (nSPS) is 12.2. The molecule has 1 N–H and O–H groups in total. The predicted molar refractivity (Wildman–Crippen MR) is 119 cm³/mol. The van der Waals surface area contributed by atoms with Gasteiger partial charge < -0.3 is 10.2 Å². The Balaban J connectivity index is 2.40. The van der Waals surface area contributed by atoms with Crippen LogP contribution in [0.1, 0.15) is 18.9 Å². The van der Waals surface area contributed by atoms with Crippen molar-refractivity contribution >= 4 is 39.1 Å². The van der Waals surface area contributed by atoms with Crippen molar-refractivity contribution in [1.82, 2.24) is 10.2 Å². The molecule has 2 aromatic rings. The molecule has 2 aromatic carbocycles. The van der Waals surface area contributed by atoms with Crippen molar-refractivity contribution in [3.8, 4) is 0 Å². The van der Waals surface area contributed by atoms with Gasteiger partial charge >= 0.3 is 0 Å². The van der Waals surface area contributed by atoms with Crippen LogP contribution in [0.15, 0.2) is 48.5 Å². The van der Waals surface area contributed by atoms with Crippen LogP contribution in [-0.4, -0.2) is 51.0 Å². The zero-order chi connectivity index (χ0) is 23.2. The monoisotopic (exact) mass is 469 g/mol. The van der Waals surface area contributed by atoms with Crippen molar-refractivity contribution in [2.24, 2.45) is 0 Å². The molecule has 1 atom stereocenters. The van der Waals surface area contributed by atoms with Crippen molar-refractivity contribution in [2.45, 2.75) is 25.9 Å². The zero-order valence-electron chi connectivity index (χ0n) is 17.5. The van der Waals surface area contributed by atoms with E-state index in [2.05, 4.69) is 5.32 Å². The summed E-state index contributed by atoms with van der Waals surface area (Å²) < 4.78 is 39.0. The first kappa shape index (κ1) is 24.6. The summed E-state index contributed by atoms with van der Waals surface area (Å²) in [6.45, 7) is 1.26. The molecule has 0 saturated heterocycles. The number of likely N-dealkylation sites (N-methyl/N-ethyl adjacent to an activating group) is 1. The quantitative estimate of drug-likeness (QED) is 0.611. The Morgan fingerprint density at radius 2 is 1.68 bits per heavy atom. The SMILES string of the molecule is CC[C@H](C(=O)NC)N(Cc1ccc(F)cc1)C(=O)CN(c1ccc(Cl)cc1)S(C)(=O)=O. The summed E-state index contributed by atoms with van der Waals surface area (Å²) in [5.74, 6) is -1.37. The van der Waals surface area contributed by atoms with Crippen molar-refractivity contribution in [2.75, 3.05) is 24.2 Å². The van der Waals surface area contributed by atoms with E-state index < -0.39 is 34.3 Å². The van der Waals surface area contributed by atoms with Gasteiger partial charge in [-0.25, -0.2) is 12.8 Å². The minimum Gasteiger partial charge on any atom is -0.357 e. The summed E-state index contributed by atoms with van der Waals surface area (Å²) in [6.07, 6.45) is 1.31. The van der Waals surface area contributed by atoms with E-state index in [4.69, 9.17) is 11.6 Å². The summed E-state index contributed by atoms with van der Waals surface area (Å²) in [4.78, 5) is 27.0. The van der Waals surface area contributed by atoms with E-state index in [1.807, 2.05) is 0 Å². The summed E-state index contributed by atoms with van der Waals surface area (Å²) >= 11 is 5.89. The Hall–Kier alpha value is -2.65. The number of nitrogens with one attached hydrogen (secondary N) is 1. The van der Waals surface area contributed by atoms with Gasteiger partial charge in [0.1, 0.15) is 18.4 Å². The fourth-order valence-corrected chi connectivity index (χ4v) is 4.07. The minimum atomic E-state index is -3.80. The Morgan fingerprint density at radius 3 is 2.16 bits per heavy atom. The lowest BCUT2D eigenvalue weighted by Gasteiger charge is -2.32. The van der Waals surface area contributed by atoms with Gasteiger partial charge in [-0.3, -0.25) is 13.9 Å². The lowest BCUT2D eigenvalue weighted by atomic mass is 10.1. The molecule has 2 rings (SSSR count). The molecule has 0 fully saturated rings. The lowest BCUT2D eigenvalue weighted by Crippen LogP contribution is -2.51. The van der Waals surface area contributed by atoms with Crippen LogP contribution in [0.25, 0.3) is 0 Å². The molecule has 0 spiro atoms. The smallest absolute Gasteiger partial charge is 0.244 e. The average molecular weight is 470 g/mol. The summed E-state index contributed by atoms with van der Waals surface area (Å²) in [5, 5.41) is 2.95. The van der Waals surface area contributed by atoms with Gasteiger partial charge in [0.05, 0.1) is 11.9 Å². The van der Waals surface area contributed by atoms with Crippen LogP contribution in [0, 0.1) is 5.82 Å². The van der Waals surface area contributed by atoms with E-state index in [9.17, 15) is 22.4 Å². The fourth-order valence-electron chi connectivity index (χ4n) is 3.09.